The van der Waals surface area contributed by atoms with Crippen LogP contribution in [-0.2, 0) is 44.6 Å². The average molecular weight is 567 g/mol. The number of carboxylic acid groups (broad SMARTS) is 2. The number of amides is 3. The van der Waals surface area contributed by atoms with Gasteiger partial charge in [0, 0.05) is 31.0 Å². The Kier molecular flexibility index (Phi) is 9.15. The van der Waals surface area contributed by atoms with Crippen LogP contribution in [0, 0.1) is 0 Å². The van der Waals surface area contributed by atoms with Gasteiger partial charge in [-0.3, -0.25) is 29.4 Å². The van der Waals surface area contributed by atoms with Crippen LogP contribution in [0.15, 0.2) is 35.5 Å². The van der Waals surface area contributed by atoms with E-state index in [1.807, 2.05) is 0 Å². The molecule has 6 N–H and O–H groups in total. The van der Waals surface area contributed by atoms with Crippen molar-refractivity contribution in [2.45, 2.75) is 30.5 Å². The second-order valence-electron chi connectivity index (χ2n) is 8.41. The Labute approximate surface area is 225 Å². The minimum atomic E-state index is -1.79. The summed E-state index contributed by atoms with van der Waals surface area (Å²) >= 11 is 1.15. The zero-order valence-electron chi connectivity index (χ0n) is 20.8. The van der Waals surface area contributed by atoms with Crippen molar-refractivity contribution in [1.82, 2.24) is 10.2 Å². The van der Waals surface area contributed by atoms with E-state index in [-0.39, 0.29) is 30.1 Å². The van der Waals surface area contributed by atoms with Crippen molar-refractivity contribution >= 4 is 53.3 Å². The third-order valence-electron chi connectivity index (χ3n) is 5.69. The number of anilines is 1. The van der Waals surface area contributed by atoms with Gasteiger partial charge in [-0.2, -0.15) is 0 Å². The summed E-state index contributed by atoms with van der Waals surface area (Å²) < 4.78 is 15.0. The van der Waals surface area contributed by atoms with Crippen molar-refractivity contribution in [3.05, 3.63) is 41.1 Å². The Morgan fingerprint density at radius 1 is 1.18 bits per heavy atom. The second kappa shape index (κ2) is 12.1. The normalized spacial score (nSPS) is 20.7. The number of carbonyl (C=O) groups is 6. The van der Waals surface area contributed by atoms with Gasteiger partial charge in [0.15, 0.2) is 0 Å². The number of carboxylic acids is 2. The molecule has 210 valence electrons. The van der Waals surface area contributed by atoms with Gasteiger partial charge in [-0.15, -0.1) is 11.8 Å². The van der Waals surface area contributed by atoms with Crippen LogP contribution in [0.5, 0.6) is 0 Å². The van der Waals surface area contributed by atoms with Crippen molar-refractivity contribution in [2.24, 2.45) is 5.73 Å². The summed E-state index contributed by atoms with van der Waals surface area (Å²) in [5, 5.41) is 22.5. The molecule has 0 radical (unpaired) electrons. The molecule has 0 aliphatic carbocycles. The molecule has 3 atom stereocenters. The fraction of sp³-hybridized carbons (Fsp3) is 0.391. The van der Waals surface area contributed by atoms with Crippen molar-refractivity contribution in [3.8, 4) is 0 Å². The molecular weight excluding hydrogens is 540 g/mol. The molecule has 1 aromatic carbocycles. The number of methoxy groups -OCH3 is 1. The summed E-state index contributed by atoms with van der Waals surface area (Å²) in [5.74, 6) is -4.54. The summed E-state index contributed by atoms with van der Waals surface area (Å²) in [6, 6.07) is 4.68. The van der Waals surface area contributed by atoms with Crippen LogP contribution < -0.4 is 16.4 Å². The quantitative estimate of drug-likeness (QED) is 0.129. The van der Waals surface area contributed by atoms with Crippen molar-refractivity contribution in [1.29, 1.82) is 0 Å². The van der Waals surface area contributed by atoms with E-state index in [9.17, 15) is 33.9 Å². The number of esters is 1. The van der Waals surface area contributed by atoms with E-state index in [1.165, 1.54) is 38.3 Å². The predicted molar refractivity (Wildman–Crippen MR) is 133 cm³/mol. The lowest BCUT2D eigenvalue weighted by Gasteiger charge is -2.55. The standard InChI is InChI=1S/C23H26N4O11S/c1-11(28)37-8-13-10-39-21-23(36-2,20(34)27(21)17(13)19(32)33)26-16(29)7-12-3-5-14(6-4-12)25-22(35)38-9-15(24)18(30)31/h3-6,15,21H,7-10,24H2,1-2H3,(H,25,35)(H,26,29)(H,30,31)(H,32,33)/t15-,21-,23+/m1/s1. The van der Waals surface area contributed by atoms with Crippen LogP contribution in [0.4, 0.5) is 10.5 Å². The highest BCUT2D eigenvalue weighted by Crippen LogP contribution is 2.46. The van der Waals surface area contributed by atoms with Crippen LogP contribution >= 0.6 is 11.8 Å². The summed E-state index contributed by atoms with van der Waals surface area (Å²) in [7, 11) is 1.22. The number of hydrogen-bond acceptors (Lipinski definition) is 11. The van der Waals surface area contributed by atoms with Gasteiger partial charge in [0.05, 0.1) is 6.42 Å². The molecule has 2 aliphatic rings. The van der Waals surface area contributed by atoms with E-state index in [0.29, 0.717) is 11.3 Å². The first-order valence-electron chi connectivity index (χ1n) is 11.3. The zero-order valence-corrected chi connectivity index (χ0v) is 21.6. The smallest absolute Gasteiger partial charge is 0.411 e. The Balaban J connectivity index is 1.62. The molecule has 3 rings (SSSR count). The Bertz CT molecular complexity index is 1220. The van der Waals surface area contributed by atoms with Crippen molar-refractivity contribution < 1.29 is 53.2 Å². The van der Waals surface area contributed by atoms with Crippen LogP contribution in [0.25, 0.3) is 0 Å². The molecule has 0 bridgehead atoms. The molecule has 0 saturated carbocycles. The average Bonchev–Trinajstić information content (AvgIpc) is 2.89. The van der Waals surface area contributed by atoms with Gasteiger partial charge in [0.25, 0.3) is 11.6 Å². The summed E-state index contributed by atoms with van der Waals surface area (Å²) in [6.45, 7) is 0.373. The first-order chi connectivity index (χ1) is 18.4. The maximum atomic E-state index is 13.1. The minimum Gasteiger partial charge on any atom is -0.480 e. The van der Waals surface area contributed by atoms with E-state index in [0.717, 1.165) is 16.7 Å². The first kappa shape index (κ1) is 29.4. The number of β-lactam (4-membered cyclic amide) rings is 1. The molecule has 2 heterocycles. The van der Waals surface area contributed by atoms with Crippen LogP contribution in [0.1, 0.15) is 12.5 Å². The number of nitrogens with two attached hydrogens (primary N) is 1. The van der Waals surface area contributed by atoms with E-state index < -0.39 is 59.6 Å². The molecule has 0 spiro atoms. The highest BCUT2D eigenvalue weighted by molar-refractivity contribution is 8.00. The van der Waals surface area contributed by atoms with Gasteiger partial charge in [0.2, 0.25) is 5.91 Å². The fourth-order valence-corrected chi connectivity index (χ4v) is 5.20. The molecule has 1 saturated heterocycles. The predicted octanol–water partition coefficient (Wildman–Crippen LogP) is -0.535. The maximum absolute atomic E-state index is 13.1. The van der Waals surface area contributed by atoms with E-state index in [2.05, 4.69) is 10.6 Å². The molecule has 15 nitrogen and oxygen atoms in total. The molecule has 3 amide bonds. The molecule has 16 heteroatoms. The number of hydrogen-bond donors (Lipinski definition) is 5. The van der Waals surface area contributed by atoms with Gasteiger partial charge >= 0.3 is 24.0 Å². The summed E-state index contributed by atoms with van der Waals surface area (Å²) in [5.41, 5.74) is 4.21. The monoisotopic (exact) mass is 566 g/mol. The van der Waals surface area contributed by atoms with Gasteiger partial charge in [0.1, 0.15) is 30.3 Å². The minimum absolute atomic E-state index is 0.128. The third-order valence-corrected chi connectivity index (χ3v) is 7.06. The SMILES string of the molecule is CO[C@@]1(NC(=O)Cc2ccc(NC(=O)OC[C@@H](N)C(=O)O)cc2)C(=O)N2C(C(=O)O)=C(COC(C)=O)CS[C@@H]21. The number of ether oxygens (including phenoxy) is 3. The number of aliphatic carboxylic acids is 2. The Morgan fingerprint density at radius 3 is 2.41 bits per heavy atom. The Morgan fingerprint density at radius 2 is 1.85 bits per heavy atom. The van der Waals surface area contributed by atoms with Crippen LogP contribution in [0.2, 0.25) is 0 Å². The lowest BCUT2D eigenvalue weighted by atomic mass is 9.97. The third kappa shape index (κ3) is 6.47. The molecule has 1 fully saturated rings. The topological polar surface area (TPSA) is 224 Å². The van der Waals surface area contributed by atoms with E-state index in [1.54, 1.807) is 0 Å². The van der Waals surface area contributed by atoms with Gasteiger partial charge < -0.3 is 35.5 Å². The molecule has 0 unspecified atom stereocenters. The number of rotatable bonds is 11. The number of benzene rings is 1. The highest BCUT2D eigenvalue weighted by Gasteiger charge is 2.66. The van der Waals surface area contributed by atoms with Gasteiger partial charge in [-0.25, -0.2) is 9.59 Å². The highest BCUT2D eigenvalue weighted by atomic mass is 32.2. The molecular formula is C23H26N4O11S. The Hall–Kier alpha value is -4.15. The number of carbonyl (C=O) groups excluding carboxylic acids is 4. The van der Waals surface area contributed by atoms with Crippen molar-refractivity contribution in [2.75, 3.05) is 31.4 Å². The molecule has 1 aromatic rings. The lowest BCUT2D eigenvalue weighted by Crippen LogP contribution is -2.80. The number of thioether (sulfide) groups is 1. The first-order valence-corrected chi connectivity index (χ1v) is 12.4. The lowest BCUT2D eigenvalue weighted by molar-refractivity contribution is -0.192. The van der Waals surface area contributed by atoms with E-state index in [4.69, 9.17) is 25.1 Å². The van der Waals surface area contributed by atoms with E-state index >= 15 is 0 Å². The van der Waals surface area contributed by atoms with Gasteiger partial charge in [-0.1, -0.05) is 12.1 Å². The van der Waals surface area contributed by atoms with Gasteiger partial charge in [-0.05, 0) is 17.7 Å². The van der Waals surface area contributed by atoms with Crippen LogP contribution in [-0.4, -0.2) is 94.1 Å². The summed E-state index contributed by atoms with van der Waals surface area (Å²) in [4.78, 5) is 72.4. The van der Waals surface area contributed by atoms with Crippen molar-refractivity contribution in [3.63, 3.8) is 0 Å². The molecule has 0 aromatic heterocycles. The number of nitrogens with zero attached hydrogens (tertiary/aromatic N) is 1. The number of fused-ring (bicyclic) bond motifs is 1. The molecule has 39 heavy (non-hydrogen) atoms. The zero-order chi connectivity index (χ0) is 28.9. The fourth-order valence-electron chi connectivity index (χ4n) is 3.78. The largest absolute Gasteiger partial charge is 0.480 e. The maximum Gasteiger partial charge on any atom is 0.411 e. The second-order valence-corrected chi connectivity index (χ2v) is 9.47. The summed E-state index contributed by atoms with van der Waals surface area (Å²) in [6.07, 6.45) is -1.09. The van der Waals surface area contributed by atoms with Crippen LogP contribution in [0.3, 0.4) is 0 Å². The number of nitrogens with one attached hydrogen (secondary N) is 2. The molecule has 2 aliphatic heterocycles.